The van der Waals surface area contributed by atoms with E-state index in [1.807, 2.05) is 0 Å². The quantitative estimate of drug-likeness (QED) is 0.490. The smallest absolute Gasteiger partial charge is 0.0621 e. The second-order valence-corrected chi connectivity index (χ2v) is 4.33. The van der Waals surface area contributed by atoms with Crippen molar-refractivity contribution in [3.05, 3.63) is 0 Å². The van der Waals surface area contributed by atoms with Crippen LogP contribution in [0.1, 0.15) is 71.6 Å². The van der Waals surface area contributed by atoms with Crippen LogP contribution in [0, 0.1) is 17.2 Å². The Bertz CT molecular complexity index is 146. The van der Waals surface area contributed by atoms with Crippen LogP contribution in [0.25, 0.3) is 0 Å². The molecule has 0 fully saturated rings. The van der Waals surface area contributed by atoms with Crippen molar-refractivity contribution in [2.24, 2.45) is 5.92 Å². The van der Waals surface area contributed by atoms with Crippen molar-refractivity contribution in [2.75, 3.05) is 0 Å². The average molecular weight is 195 g/mol. The minimum atomic E-state index is 0.743. The third kappa shape index (κ3) is 9.58. The summed E-state index contributed by atoms with van der Waals surface area (Å²) in [6.45, 7) is 4.61. The molecule has 0 aromatic rings. The van der Waals surface area contributed by atoms with E-state index in [1.54, 1.807) is 0 Å². The zero-order chi connectivity index (χ0) is 10.6. The van der Waals surface area contributed by atoms with E-state index < -0.39 is 0 Å². The summed E-state index contributed by atoms with van der Waals surface area (Å²) in [6.07, 6.45) is 11.3. The number of hydrogen-bond acceptors (Lipinski definition) is 1. The van der Waals surface area contributed by atoms with Crippen LogP contribution < -0.4 is 0 Å². The molecule has 1 atom stereocenters. The van der Waals surface area contributed by atoms with Crippen molar-refractivity contribution >= 4 is 0 Å². The predicted molar refractivity (Wildman–Crippen MR) is 62.0 cm³/mol. The van der Waals surface area contributed by atoms with Crippen LogP contribution in [0.2, 0.25) is 0 Å². The molecule has 0 heterocycles. The molecule has 0 radical (unpaired) electrons. The highest BCUT2D eigenvalue weighted by Crippen LogP contribution is 2.14. The molecule has 0 spiro atoms. The number of nitrogens with zero attached hydrogens (tertiary/aromatic N) is 1. The van der Waals surface area contributed by atoms with Gasteiger partial charge in [-0.2, -0.15) is 5.26 Å². The Hall–Kier alpha value is -0.510. The lowest BCUT2D eigenvalue weighted by molar-refractivity contribution is 0.471. The molecular weight excluding hydrogens is 170 g/mol. The Balaban J connectivity index is 2.96. The highest BCUT2D eigenvalue weighted by atomic mass is 14.2. The topological polar surface area (TPSA) is 23.8 Å². The van der Waals surface area contributed by atoms with Crippen LogP contribution >= 0.6 is 0 Å². The zero-order valence-electron chi connectivity index (χ0n) is 9.89. The first-order chi connectivity index (χ1) is 6.81. The summed E-state index contributed by atoms with van der Waals surface area (Å²) in [5.41, 5.74) is 0. The van der Waals surface area contributed by atoms with Gasteiger partial charge in [-0.25, -0.2) is 0 Å². The van der Waals surface area contributed by atoms with Gasteiger partial charge >= 0.3 is 0 Å². The largest absolute Gasteiger partial charge is 0.198 e. The molecule has 0 aliphatic rings. The first-order valence-corrected chi connectivity index (χ1v) is 6.18. The van der Waals surface area contributed by atoms with Crippen LogP contribution in [-0.4, -0.2) is 0 Å². The van der Waals surface area contributed by atoms with Gasteiger partial charge in [0.2, 0.25) is 0 Å². The molecule has 0 saturated heterocycles. The van der Waals surface area contributed by atoms with Gasteiger partial charge in [-0.05, 0) is 12.3 Å². The van der Waals surface area contributed by atoms with Gasteiger partial charge in [0.1, 0.15) is 0 Å². The summed E-state index contributed by atoms with van der Waals surface area (Å²) >= 11 is 0. The minimum Gasteiger partial charge on any atom is -0.198 e. The van der Waals surface area contributed by atoms with Gasteiger partial charge < -0.3 is 0 Å². The van der Waals surface area contributed by atoms with Gasteiger partial charge in [0, 0.05) is 6.42 Å². The Morgan fingerprint density at radius 3 is 2.14 bits per heavy atom. The fourth-order valence-corrected chi connectivity index (χ4v) is 1.61. The molecular formula is C13H25N. The van der Waals surface area contributed by atoms with E-state index in [0.717, 1.165) is 18.8 Å². The summed E-state index contributed by atoms with van der Waals surface area (Å²) in [5, 5.41) is 8.35. The Morgan fingerprint density at radius 1 is 1.00 bits per heavy atom. The molecule has 0 unspecified atom stereocenters. The first kappa shape index (κ1) is 13.5. The van der Waals surface area contributed by atoms with E-state index in [9.17, 15) is 0 Å². The molecule has 0 aliphatic carbocycles. The zero-order valence-corrected chi connectivity index (χ0v) is 9.89. The maximum Gasteiger partial charge on any atom is 0.0621 e. The maximum atomic E-state index is 8.35. The number of unbranched alkanes of at least 4 members (excludes halogenated alkanes) is 6. The molecule has 0 aromatic heterocycles. The molecule has 0 amide bonds. The molecule has 0 aliphatic heterocycles. The summed E-state index contributed by atoms with van der Waals surface area (Å²) in [4.78, 5) is 0. The van der Waals surface area contributed by atoms with Crippen LogP contribution in [0.5, 0.6) is 0 Å². The van der Waals surface area contributed by atoms with Crippen molar-refractivity contribution in [1.82, 2.24) is 0 Å². The van der Waals surface area contributed by atoms with Gasteiger partial charge in [-0.3, -0.25) is 0 Å². The van der Waals surface area contributed by atoms with Gasteiger partial charge in [0.25, 0.3) is 0 Å². The van der Waals surface area contributed by atoms with E-state index in [4.69, 9.17) is 5.26 Å². The number of hydrogen-bond donors (Lipinski definition) is 0. The standard InChI is InChI=1S/C13H25N/c1-3-13(2)11-9-7-5-4-6-8-10-12-14/h13H,3-11H2,1-2H3/t13-/m1/s1. The maximum absolute atomic E-state index is 8.35. The lowest BCUT2D eigenvalue weighted by Gasteiger charge is -2.07. The second kappa shape index (κ2) is 10.6. The number of nitriles is 1. The molecule has 0 rings (SSSR count). The Morgan fingerprint density at radius 2 is 1.57 bits per heavy atom. The van der Waals surface area contributed by atoms with Gasteiger partial charge in [0.05, 0.1) is 6.07 Å². The van der Waals surface area contributed by atoms with E-state index in [0.29, 0.717) is 0 Å². The van der Waals surface area contributed by atoms with E-state index in [-0.39, 0.29) is 0 Å². The van der Waals surface area contributed by atoms with Crippen molar-refractivity contribution in [1.29, 1.82) is 5.26 Å². The highest BCUT2D eigenvalue weighted by molar-refractivity contribution is 4.67. The van der Waals surface area contributed by atoms with E-state index in [1.165, 1.54) is 44.9 Å². The van der Waals surface area contributed by atoms with Crippen LogP contribution in [0.15, 0.2) is 0 Å². The predicted octanol–water partition coefficient (Wildman–Crippen LogP) is 4.68. The van der Waals surface area contributed by atoms with Crippen molar-refractivity contribution in [3.8, 4) is 6.07 Å². The molecule has 82 valence electrons. The summed E-state index contributed by atoms with van der Waals surface area (Å²) < 4.78 is 0. The van der Waals surface area contributed by atoms with Crippen molar-refractivity contribution < 1.29 is 0 Å². The SMILES string of the molecule is CC[C@@H](C)CCCCCCCCC#N. The fourth-order valence-electron chi connectivity index (χ4n) is 1.61. The first-order valence-electron chi connectivity index (χ1n) is 6.18. The molecule has 0 aromatic carbocycles. The fraction of sp³-hybridized carbons (Fsp3) is 0.923. The lowest BCUT2D eigenvalue weighted by Crippen LogP contribution is -1.91. The average Bonchev–Trinajstić information content (AvgIpc) is 2.21. The van der Waals surface area contributed by atoms with E-state index in [2.05, 4.69) is 19.9 Å². The van der Waals surface area contributed by atoms with Crippen LogP contribution in [0.3, 0.4) is 0 Å². The molecule has 0 bridgehead atoms. The Kier molecular flexibility index (Phi) is 10.2. The summed E-state index contributed by atoms with van der Waals surface area (Å²) in [5.74, 6) is 0.911. The van der Waals surface area contributed by atoms with Crippen molar-refractivity contribution in [2.45, 2.75) is 71.6 Å². The van der Waals surface area contributed by atoms with E-state index >= 15 is 0 Å². The van der Waals surface area contributed by atoms with Gasteiger partial charge in [-0.1, -0.05) is 58.8 Å². The molecule has 0 saturated carbocycles. The third-order valence-electron chi connectivity index (χ3n) is 2.93. The minimum absolute atomic E-state index is 0.743. The summed E-state index contributed by atoms with van der Waals surface area (Å²) in [6, 6.07) is 2.19. The Labute approximate surface area is 89.5 Å². The normalized spacial score (nSPS) is 12.4. The van der Waals surface area contributed by atoms with Crippen LogP contribution in [0.4, 0.5) is 0 Å². The van der Waals surface area contributed by atoms with Crippen LogP contribution in [-0.2, 0) is 0 Å². The molecule has 0 N–H and O–H groups in total. The van der Waals surface area contributed by atoms with Crippen molar-refractivity contribution in [3.63, 3.8) is 0 Å². The van der Waals surface area contributed by atoms with Gasteiger partial charge in [0.15, 0.2) is 0 Å². The third-order valence-corrected chi connectivity index (χ3v) is 2.93. The van der Waals surface area contributed by atoms with Gasteiger partial charge in [-0.15, -0.1) is 0 Å². The monoisotopic (exact) mass is 195 g/mol. The molecule has 1 nitrogen and oxygen atoms in total. The second-order valence-electron chi connectivity index (χ2n) is 4.33. The molecule has 1 heteroatoms. The highest BCUT2D eigenvalue weighted by Gasteiger charge is 1.97. The lowest BCUT2D eigenvalue weighted by atomic mass is 10.00. The molecule has 14 heavy (non-hydrogen) atoms. The summed E-state index contributed by atoms with van der Waals surface area (Å²) in [7, 11) is 0. The number of rotatable bonds is 9.